The Morgan fingerprint density at radius 3 is 2.50 bits per heavy atom. The van der Waals surface area contributed by atoms with E-state index in [1.807, 2.05) is 17.9 Å². The average Bonchev–Trinajstić information content (AvgIpc) is 3.31. The monoisotopic (exact) mass is 447 g/mol. The maximum Gasteiger partial charge on any atom is 0.471 e. The minimum absolute atomic E-state index is 0.0883. The zero-order chi connectivity index (χ0) is 22.7. The van der Waals surface area contributed by atoms with Crippen LogP contribution >= 0.6 is 0 Å². The number of benzene rings is 1. The molecule has 0 saturated carbocycles. The van der Waals surface area contributed by atoms with E-state index in [2.05, 4.69) is 19.6 Å². The van der Waals surface area contributed by atoms with Gasteiger partial charge in [-0.2, -0.15) is 18.2 Å². The number of rotatable bonds is 5. The van der Waals surface area contributed by atoms with Crippen molar-refractivity contribution in [2.24, 2.45) is 0 Å². The first kappa shape index (κ1) is 21.6. The van der Waals surface area contributed by atoms with E-state index in [0.29, 0.717) is 55.5 Å². The molecule has 1 aliphatic heterocycles. The molecule has 1 aromatic carbocycles. The van der Waals surface area contributed by atoms with Gasteiger partial charge >= 0.3 is 12.1 Å². The van der Waals surface area contributed by atoms with Crippen molar-refractivity contribution in [3.8, 4) is 17.1 Å². The summed E-state index contributed by atoms with van der Waals surface area (Å²) in [6.45, 7) is 4.48. The summed E-state index contributed by atoms with van der Waals surface area (Å²) >= 11 is 0. The van der Waals surface area contributed by atoms with Crippen molar-refractivity contribution in [2.75, 3.05) is 37.7 Å². The van der Waals surface area contributed by atoms with Crippen LogP contribution in [0, 0.1) is 0 Å². The van der Waals surface area contributed by atoms with Crippen LogP contribution in [0.1, 0.15) is 23.2 Å². The molecule has 8 nitrogen and oxygen atoms in total. The van der Waals surface area contributed by atoms with E-state index in [4.69, 9.17) is 4.74 Å². The number of carbonyl (C=O) groups is 1. The lowest BCUT2D eigenvalue weighted by molar-refractivity contribution is -0.159. The van der Waals surface area contributed by atoms with Gasteiger partial charge in [0.25, 0.3) is 5.91 Å². The number of alkyl halides is 3. The lowest BCUT2D eigenvalue weighted by Gasteiger charge is -2.35. The van der Waals surface area contributed by atoms with E-state index in [1.165, 1.54) is 6.20 Å². The minimum Gasteiger partial charge on any atom is -0.493 e. The van der Waals surface area contributed by atoms with E-state index in [9.17, 15) is 18.0 Å². The number of amides is 1. The van der Waals surface area contributed by atoms with Gasteiger partial charge in [-0.25, -0.2) is 4.98 Å². The van der Waals surface area contributed by atoms with Gasteiger partial charge in [0.2, 0.25) is 5.82 Å². The maximum atomic E-state index is 12.9. The number of nitrogens with zero attached hydrogens (tertiary/aromatic N) is 5. The summed E-state index contributed by atoms with van der Waals surface area (Å²) in [7, 11) is 0. The van der Waals surface area contributed by atoms with E-state index in [0.717, 1.165) is 0 Å². The van der Waals surface area contributed by atoms with Crippen LogP contribution in [-0.4, -0.2) is 58.7 Å². The molecule has 2 aromatic heterocycles. The van der Waals surface area contributed by atoms with Crippen LogP contribution in [0.15, 0.2) is 47.1 Å². The van der Waals surface area contributed by atoms with Crippen LogP contribution in [0.25, 0.3) is 11.4 Å². The number of pyridine rings is 1. The van der Waals surface area contributed by atoms with Gasteiger partial charge < -0.3 is 19.1 Å². The summed E-state index contributed by atoms with van der Waals surface area (Å²) in [5.74, 6) is -0.456. The lowest BCUT2D eigenvalue weighted by atomic mass is 10.1. The maximum absolute atomic E-state index is 12.9. The van der Waals surface area contributed by atoms with Gasteiger partial charge in [-0.1, -0.05) is 17.3 Å². The largest absolute Gasteiger partial charge is 0.493 e. The number of hydrogen-bond acceptors (Lipinski definition) is 7. The smallest absolute Gasteiger partial charge is 0.471 e. The quantitative estimate of drug-likeness (QED) is 0.592. The molecule has 168 valence electrons. The molecular formula is C21H20F3N5O3. The molecule has 0 radical (unpaired) electrons. The molecule has 0 aliphatic carbocycles. The molecule has 11 heteroatoms. The number of halogens is 3. The molecule has 1 amide bonds. The molecule has 3 heterocycles. The van der Waals surface area contributed by atoms with Crippen molar-refractivity contribution >= 4 is 11.7 Å². The predicted molar refractivity (Wildman–Crippen MR) is 108 cm³/mol. The highest BCUT2D eigenvalue weighted by Crippen LogP contribution is 2.29. The Hall–Kier alpha value is -3.63. The van der Waals surface area contributed by atoms with Crippen molar-refractivity contribution in [2.45, 2.75) is 13.1 Å². The van der Waals surface area contributed by atoms with Gasteiger partial charge in [-0.05, 0) is 31.2 Å². The van der Waals surface area contributed by atoms with Crippen molar-refractivity contribution in [1.82, 2.24) is 20.0 Å². The van der Waals surface area contributed by atoms with Crippen LogP contribution in [0.3, 0.4) is 0 Å². The van der Waals surface area contributed by atoms with Crippen LogP contribution in [0.4, 0.5) is 19.0 Å². The molecule has 1 aliphatic rings. The number of carbonyl (C=O) groups excluding carboxylic acids is 1. The van der Waals surface area contributed by atoms with Crippen molar-refractivity contribution in [3.63, 3.8) is 0 Å². The SMILES string of the molecule is CCOc1ccccc1C(=O)N1CCN(c2ccc(-c3noc(C(F)(F)F)n3)cn2)CC1. The summed E-state index contributed by atoms with van der Waals surface area (Å²) in [6.07, 6.45) is -3.30. The van der Waals surface area contributed by atoms with Crippen molar-refractivity contribution in [1.29, 1.82) is 0 Å². The zero-order valence-electron chi connectivity index (χ0n) is 17.2. The fourth-order valence-electron chi connectivity index (χ4n) is 3.39. The molecule has 0 spiro atoms. The Bertz CT molecular complexity index is 1080. The highest BCUT2D eigenvalue weighted by atomic mass is 19.4. The van der Waals surface area contributed by atoms with Gasteiger partial charge in [0.05, 0.1) is 12.2 Å². The Morgan fingerprint density at radius 1 is 1.12 bits per heavy atom. The molecular weight excluding hydrogens is 427 g/mol. The van der Waals surface area contributed by atoms with E-state index in [-0.39, 0.29) is 11.7 Å². The van der Waals surface area contributed by atoms with E-state index in [1.54, 1.807) is 35.2 Å². The normalized spacial score (nSPS) is 14.5. The molecule has 3 aromatic rings. The van der Waals surface area contributed by atoms with Crippen molar-refractivity contribution < 1.29 is 27.2 Å². The molecule has 4 rings (SSSR count). The van der Waals surface area contributed by atoms with Gasteiger partial charge in [0.1, 0.15) is 11.6 Å². The highest BCUT2D eigenvalue weighted by molar-refractivity contribution is 5.97. The number of aromatic nitrogens is 3. The summed E-state index contributed by atoms with van der Waals surface area (Å²) < 4.78 is 47.7. The Labute approximate surface area is 181 Å². The second-order valence-electron chi connectivity index (χ2n) is 7.03. The fourth-order valence-corrected chi connectivity index (χ4v) is 3.39. The van der Waals surface area contributed by atoms with E-state index >= 15 is 0 Å². The third-order valence-corrected chi connectivity index (χ3v) is 4.98. The number of piperazine rings is 1. The second kappa shape index (κ2) is 8.85. The highest BCUT2D eigenvalue weighted by Gasteiger charge is 2.38. The van der Waals surface area contributed by atoms with Crippen LogP contribution in [0.2, 0.25) is 0 Å². The molecule has 0 atom stereocenters. The average molecular weight is 447 g/mol. The molecule has 1 fully saturated rings. The second-order valence-corrected chi connectivity index (χ2v) is 7.03. The molecule has 0 N–H and O–H groups in total. The molecule has 0 unspecified atom stereocenters. The Balaban J connectivity index is 1.39. The summed E-state index contributed by atoms with van der Waals surface area (Å²) in [4.78, 5) is 24.4. The summed E-state index contributed by atoms with van der Waals surface area (Å²) in [5.41, 5.74) is 0.845. The molecule has 0 bridgehead atoms. The standard InChI is InChI=1S/C21H20F3N5O3/c1-2-31-16-6-4-3-5-15(16)19(30)29-11-9-28(10-12-29)17-8-7-14(13-25-17)18-26-20(32-27-18)21(22,23)24/h3-8,13H,2,9-12H2,1H3. The third-order valence-electron chi connectivity index (χ3n) is 4.98. The Morgan fingerprint density at radius 2 is 1.88 bits per heavy atom. The van der Waals surface area contributed by atoms with Gasteiger partial charge in [-0.15, -0.1) is 0 Å². The van der Waals surface area contributed by atoms with Gasteiger partial charge in [-0.3, -0.25) is 4.79 Å². The van der Waals surface area contributed by atoms with Crippen LogP contribution < -0.4 is 9.64 Å². The number of para-hydroxylation sites is 1. The van der Waals surface area contributed by atoms with E-state index < -0.39 is 12.1 Å². The third kappa shape index (κ3) is 4.51. The molecule has 32 heavy (non-hydrogen) atoms. The van der Waals surface area contributed by atoms with Gasteiger partial charge in [0.15, 0.2) is 0 Å². The zero-order valence-corrected chi connectivity index (χ0v) is 17.2. The van der Waals surface area contributed by atoms with Crippen LogP contribution in [0.5, 0.6) is 5.75 Å². The first-order valence-corrected chi connectivity index (χ1v) is 10.00. The topological polar surface area (TPSA) is 84.6 Å². The van der Waals surface area contributed by atoms with Crippen molar-refractivity contribution in [3.05, 3.63) is 54.0 Å². The summed E-state index contributed by atoms with van der Waals surface area (Å²) in [5, 5.41) is 3.36. The fraction of sp³-hybridized carbons (Fsp3) is 0.333. The molecule has 1 saturated heterocycles. The lowest BCUT2D eigenvalue weighted by Crippen LogP contribution is -2.49. The van der Waals surface area contributed by atoms with Gasteiger partial charge in [0, 0.05) is 37.9 Å². The Kier molecular flexibility index (Phi) is 5.97. The summed E-state index contributed by atoms with van der Waals surface area (Å²) in [6, 6.07) is 10.4. The number of hydrogen-bond donors (Lipinski definition) is 0. The predicted octanol–water partition coefficient (Wildman–Crippen LogP) is 3.51. The van der Waals surface area contributed by atoms with Crippen LogP contribution in [-0.2, 0) is 6.18 Å². The number of ether oxygens (including phenoxy) is 1. The minimum atomic E-state index is -4.70. The number of anilines is 1. The first-order chi connectivity index (χ1) is 15.4. The first-order valence-electron chi connectivity index (χ1n) is 10.00.